The van der Waals surface area contributed by atoms with E-state index in [0.29, 0.717) is 6.61 Å². The molecule has 0 radical (unpaired) electrons. The van der Waals surface area contributed by atoms with Gasteiger partial charge in [-0.05, 0) is 26.0 Å². The van der Waals surface area contributed by atoms with Crippen LogP contribution in [0.1, 0.15) is 36.2 Å². The normalized spacial score (nSPS) is 10.6. The van der Waals surface area contributed by atoms with E-state index in [4.69, 9.17) is 10.5 Å². The number of carbonyl (C=O) groups excluding carboxylic acids is 1. The average Bonchev–Trinajstić information content (AvgIpc) is 2.20. The molecular formula is C11H13F2NO2. The van der Waals surface area contributed by atoms with Gasteiger partial charge in [0, 0.05) is 11.1 Å². The lowest BCUT2D eigenvalue weighted by Gasteiger charge is -2.12. The van der Waals surface area contributed by atoms with Crippen molar-refractivity contribution in [3.05, 3.63) is 23.3 Å². The molecule has 2 N–H and O–H groups in total. The Kier molecular flexibility index (Phi) is 3.82. The summed E-state index contributed by atoms with van der Waals surface area (Å²) < 4.78 is 30.2. The first-order valence-electron chi connectivity index (χ1n) is 4.82. The van der Waals surface area contributed by atoms with E-state index >= 15 is 0 Å². The molecule has 0 heterocycles. The highest BCUT2D eigenvalue weighted by atomic mass is 19.3. The second-order valence-electron chi connectivity index (χ2n) is 3.27. The van der Waals surface area contributed by atoms with Gasteiger partial charge in [-0.15, -0.1) is 0 Å². The Hall–Kier alpha value is -1.65. The maximum atomic E-state index is 12.6. The number of ketones is 1. The van der Waals surface area contributed by atoms with Crippen molar-refractivity contribution in [2.75, 3.05) is 12.3 Å². The molecule has 0 atom stereocenters. The van der Waals surface area contributed by atoms with Crippen molar-refractivity contribution in [2.45, 2.75) is 20.3 Å². The molecule has 0 aliphatic heterocycles. The molecule has 0 spiro atoms. The number of carbonyl (C=O) groups is 1. The highest BCUT2D eigenvalue weighted by molar-refractivity contribution is 6.00. The number of halogens is 2. The van der Waals surface area contributed by atoms with Gasteiger partial charge in [-0.3, -0.25) is 4.79 Å². The van der Waals surface area contributed by atoms with E-state index in [0.717, 1.165) is 12.1 Å². The number of benzene rings is 1. The van der Waals surface area contributed by atoms with Gasteiger partial charge in [0.2, 0.25) is 0 Å². The lowest BCUT2D eigenvalue weighted by Crippen LogP contribution is -2.05. The molecule has 0 bridgehead atoms. The molecule has 0 fully saturated rings. The minimum Gasteiger partial charge on any atom is -0.492 e. The van der Waals surface area contributed by atoms with Crippen LogP contribution in [-0.4, -0.2) is 12.4 Å². The summed E-state index contributed by atoms with van der Waals surface area (Å²) >= 11 is 0. The smallest absolute Gasteiger partial charge is 0.264 e. The molecule has 0 aliphatic carbocycles. The van der Waals surface area contributed by atoms with Gasteiger partial charge in [-0.2, -0.15) is 0 Å². The number of hydrogen-bond acceptors (Lipinski definition) is 3. The summed E-state index contributed by atoms with van der Waals surface area (Å²) in [5, 5.41) is 0. The molecule has 0 aromatic heterocycles. The fourth-order valence-electron chi connectivity index (χ4n) is 1.34. The lowest BCUT2D eigenvalue weighted by molar-refractivity contribution is 0.101. The molecule has 16 heavy (non-hydrogen) atoms. The summed E-state index contributed by atoms with van der Waals surface area (Å²) in [5.74, 6) is -0.230. The Labute approximate surface area is 92.2 Å². The summed E-state index contributed by atoms with van der Waals surface area (Å²) in [6, 6.07) is 2.26. The second kappa shape index (κ2) is 4.92. The van der Waals surface area contributed by atoms with Crippen LogP contribution in [0.15, 0.2) is 12.1 Å². The first-order valence-corrected chi connectivity index (χ1v) is 4.82. The van der Waals surface area contributed by atoms with Crippen molar-refractivity contribution in [1.29, 1.82) is 0 Å². The number of hydrogen-bond donors (Lipinski definition) is 1. The highest BCUT2D eigenvalue weighted by Crippen LogP contribution is 2.32. The Bertz CT molecular complexity index is 405. The van der Waals surface area contributed by atoms with Crippen LogP contribution in [0, 0.1) is 0 Å². The molecule has 0 unspecified atom stereocenters. The van der Waals surface area contributed by atoms with Crippen LogP contribution in [0.3, 0.4) is 0 Å². The van der Waals surface area contributed by atoms with Gasteiger partial charge in [0.1, 0.15) is 5.75 Å². The predicted molar refractivity (Wildman–Crippen MR) is 57.0 cm³/mol. The van der Waals surface area contributed by atoms with Crippen LogP contribution in [0.5, 0.6) is 5.75 Å². The van der Waals surface area contributed by atoms with Gasteiger partial charge < -0.3 is 10.5 Å². The van der Waals surface area contributed by atoms with Crippen LogP contribution in [-0.2, 0) is 0 Å². The van der Waals surface area contributed by atoms with Crippen molar-refractivity contribution in [3.63, 3.8) is 0 Å². The Morgan fingerprint density at radius 1 is 1.50 bits per heavy atom. The summed E-state index contributed by atoms with van der Waals surface area (Å²) in [7, 11) is 0. The van der Waals surface area contributed by atoms with Gasteiger partial charge in [-0.25, -0.2) is 8.78 Å². The van der Waals surface area contributed by atoms with E-state index in [9.17, 15) is 13.6 Å². The van der Waals surface area contributed by atoms with Gasteiger partial charge in [0.25, 0.3) is 6.43 Å². The molecular weight excluding hydrogens is 216 g/mol. The summed E-state index contributed by atoms with van der Waals surface area (Å²) in [6.07, 6.45) is -2.65. The first-order chi connectivity index (χ1) is 7.47. The topological polar surface area (TPSA) is 52.3 Å². The van der Waals surface area contributed by atoms with E-state index < -0.39 is 6.43 Å². The van der Waals surface area contributed by atoms with Crippen LogP contribution in [0.2, 0.25) is 0 Å². The molecule has 0 amide bonds. The third-order valence-corrected chi connectivity index (χ3v) is 2.10. The van der Waals surface area contributed by atoms with E-state index in [2.05, 4.69) is 0 Å². The van der Waals surface area contributed by atoms with Gasteiger partial charge in [-0.1, -0.05) is 0 Å². The molecule has 1 aromatic rings. The van der Waals surface area contributed by atoms with Crippen molar-refractivity contribution in [2.24, 2.45) is 0 Å². The second-order valence-corrected chi connectivity index (χ2v) is 3.27. The standard InChI is InChI=1S/C11H13F2NO2/c1-3-16-9-5-7(11(12)13)4-8(6(2)15)10(9)14/h4-5,11H,3,14H2,1-2H3. The maximum absolute atomic E-state index is 12.6. The zero-order chi connectivity index (χ0) is 12.3. The number of anilines is 1. The summed E-state index contributed by atoms with van der Waals surface area (Å²) in [5.41, 5.74) is 5.57. The molecule has 0 aliphatic rings. The van der Waals surface area contributed by atoms with Crippen molar-refractivity contribution < 1.29 is 18.3 Å². The van der Waals surface area contributed by atoms with Crippen LogP contribution < -0.4 is 10.5 Å². The first kappa shape index (κ1) is 12.4. The van der Waals surface area contributed by atoms with E-state index in [1.165, 1.54) is 6.92 Å². The predicted octanol–water partition coefficient (Wildman–Crippen LogP) is 2.81. The zero-order valence-electron chi connectivity index (χ0n) is 9.09. The quantitative estimate of drug-likeness (QED) is 0.638. The number of nitrogens with two attached hydrogens (primary N) is 1. The van der Waals surface area contributed by atoms with E-state index in [-0.39, 0.29) is 28.3 Å². The SMILES string of the molecule is CCOc1cc(C(F)F)cc(C(C)=O)c1N. The third kappa shape index (κ3) is 2.48. The molecule has 3 nitrogen and oxygen atoms in total. The monoisotopic (exact) mass is 229 g/mol. The summed E-state index contributed by atoms with van der Waals surface area (Å²) in [4.78, 5) is 11.2. The minimum atomic E-state index is -2.65. The Balaban J connectivity index is 3.32. The molecule has 0 saturated carbocycles. The van der Waals surface area contributed by atoms with Crippen LogP contribution in [0.4, 0.5) is 14.5 Å². The molecule has 88 valence electrons. The van der Waals surface area contributed by atoms with Crippen LogP contribution >= 0.6 is 0 Å². The number of ether oxygens (including phenoxy) is 1. The fraction of sp³-hybridized carbons (Fsp3) is 0.364. The Morgan fingerprint density at radius 2 is 2.12 bits per heavy atom. The largest absolute Gasteiger partial charge is 0.492 e. The number of nitrogen functional groups attached to an aromatic ring is 1. The number of rotatable bonds is 4. The van der Waals surface area contributed by atoms with E-state index in [1.54, 1.807) is 6.92 Å². The van der Waals surface area contributed by atoms with Crippen molar-refractivity contribution >= 4 is 11.5 Å². The molecule has 1 aromatic carbocycles. The fourth-order valence-corrected chi connectivity index (χ4v) is 1.34. The molecule has 1 rings (SSSR count). The molecule has 5 heteroatoms. The summed E-state index contributed by atoms with van der Waals surface area (Å²) in [6.45, 7) is 3.28. The lowest BCUT2D eigenvalue weighted by atomic mass is 10.0. The Morgan fingerprint density at radius 3 is 2.56 bits per heavy atom. The van der Waals surface area contributed by atoms with E-state index in [1.807, 2.05) is 0 Å². The highest BCUT2D eigenvalue weighted by Gasteiger charge is 2.16. The zero-order valence-corrected chi connectivity index (χ0v) is 9.09. The third-order valence-electron chi connectivity index (χ3n) is 2.10. The number of Topliss-reactive ketones (excluding diaryl/α,β-unsaturated/α-hetero) is 1. The van der Waals surface area contributed by atoms with Crippen molar-refractivity contribution in [1.82, 2.24) is 0 Å². The average molecular weight is 229 g/mol. The van der Waals surface area contributed by atoms with Gasteiger partial charge >= 0.3 is 0 Å². The van der Waals surface area contributed by atoms with Gasteiger partial charge in [0.15, 0.2) is 5.78 Å². The maximum Gasteiger partial charge on any atom is 0.264 e. The van der Waals surface area contributed by atoms with Crippen LogP contribution in [0.25, 0.3) is 0 Å². The number of alkyl halides is 2. The van der Waals surface area contributed by atoms with Gasteiger partial charge in [0.05, 0.1) is 12.3 Å². The van der Waals surface area contributed by atoms with Crippen molar-refractivity contribution in [3.8, 4) is 5.75 Å². The molecule has 0 saturated heterocycles. The minimum absolute atomic E-state index is 0.0706.